The number of benzene rings is 1. The lowest BCUT2D eigenvalue weighted by Crippen LogP contribution is -2.59. The Balaban J connectivity index is 1.25. The molecule has 16 nitrogen and oxygen atoms in total. The molecule has 4 aliphatic rings. The highest BCUT2D eigenvalue weighted by Gasteiger charge is 2.62. The van der Waals surface area contributed by atoms with Crippen molar-refractivity contribution < 1.29 is 59.7 Å². The van der Waals surface area contributed by atoms with Crippen LogP contribution in [0.15, 0.2) is 54.7 Å². The number of fused-ring (bicyclic) bond motifs is 3. The van der Waals surface area contributed by atoms with Gasteiger partial charge in [-0.1, -0.05) is 26.0 Å². The van der Waals surface area contributed by atoms with Crippen LogP contribution in [0.1, 0.15) is 79.6 Å². The van der Waals surface area contributed by atoms with Gasteiger partial charge in [-0.15, -0.1) is 0 Å². The number of halogens is 3. The first-order valence-electron chi connectivity index (χ1n) is 21.8. The minimum absolute atomic E-state index is 0.0539. The van der Waals surface area contributed by atoms with Gasteiger partial charge >= 0.3 is 12.3 Å². The Bertz CT molecular complexity index is 2430. The van der Waals surface area contributed by atoms with Crippen molar-refractivity contribution in [1.82, 2.24) is 30.2 Å². The van der Waals surface area contributed by atoms with Crippen molar-refractivity contribution in [2.45, 2.75) is 127 Å². The molecular formula is C45H55F3N6O10S. The Hall–Kier alpha value is -5.66. The summed E-state index contributed by atoms with van der Waals surface area (Å²) in [5.41, 5.74) is -0.765. The SMILES string of the molecule is COc1ccc2c(O[C@@H]3C[C@H]4C(=O)N[C@]5(C(=O)NS(=O)(=O)C6CC6)CC5/C=C\CC[C@H](C)C[C@@H](C)[C@H](NC(=O)O[C@H](C)C(F)(F)F)C(=O)N4C3)nc(-c3ccc(OC(C)C)cn3)cc2c1. The van der Waals surface area contributed by atoms with Crippen LogP contribution in [0.5, 0.6) is 17.4 Å². The number of hydrogen-bond acceptors (Lipinski definition) is 12. The number of amides is 4. The van der Waals surface area contributed by atoms with Gasteiger partial charge in [-0.25, -0.2) is 18.2 Å². The minimum Gasteiger partial charge on any atom is -0.497 e. The number of nitrogens with one attached hydrogen (secondary N) is 3. The molecule has 65 heavy (non-hydrogen) atoms. The summed E-state index contributed by atoms with van der Waals surface area (Å²) in [7, 11) is -2.49. The lowest BCUT2D eigenvalue weighted by molar-refractivity contribution is -0.197. The predicted molar refractivity (Wildman–Crippen MR) is 231 cm³/mol. The maximum Gasteiger partial charge on any atom is 0.425 e. The number of ether oxygens (including phenoxy) is 4. The van der Waals surface area contributed by atoms with Crippen LogP contribution in [0, 0.1) is 17.8 Å². The molecule has 20 heteroatoms. The summed E-state index contributed by atoms with van der Waals surface area (Å²) in [6, 6.07) is 7.72. The van der Waals surface area contributed by atoms with Crippen LogP contribution in [0.4, 0.5) is 18.0 Å². The minimum atomic E-state index is -4.87. The van der Waals surface area contributed by atoms with Crippen LogP contribution < -0.4 is 29.6 Å². The number of rotatable bonds is 11. The van der Waals surface area contributed by atoms with Gasteiger partial charge in [0.25, 0.3) is 5.91 Å². The number of allylic oxidation sites excluding steroid dienone is 1. The van der Waals surface area contributed by atoms with E-state index in [9.17, 15) is 40.8 Å². The fourth-order valence-corrected chi connectivity index (χ4v) is 9.83. The molecule has 3 aromatic rings. The molecule has 2 aliphatic heterocycles. The van der Waals surface area contributed by atoms with Crippen molar-refractivity contribution >= 4 is 44.6 Å². The van der Waals surface area contributed by atoms with E-state index in [2.05, 4.69) is 25.1 Å². The highest BCUT2D eigenvalue weighted by atomic mass is 32.2. The number of nitrogens with zero attached hydrogens (tertiary/aromatic N) is 3. The molecule has 3 N–H and O–H groups in total. The second-order valence-corrected chi connectivity index (χ2v) is 19.9. The van der Waals surface area contributed by atoms with Crippen LogP contribution in [0.2, 0.25) is 0 Å². The third-order valence-corrected chi connectivity index (χ3v) is 14.1. The summed E-state index contributed by atoms with van der Waals surface area (Å²) in [6.45, 7) is 7.81. The molecule has 4 heterocycles. The first-order valence-corrected chi connectivity index (χ1v) is 23.4. The summed E-state index contributed by atoms with van der Waals surface area (Å²) in [6.07, 6.45) is -2.44. The van der Waals surface area contributed by atoms with E-state index in [0.717, 1.165) is 0 Å². The molecule has 4 amide bonds. The smallest absolute Gasteiger partial charge is 0.425 e. The highest BCUT2D eigenvalue weighted by molar-refractivity contribution is 7.91. The van der Waals surface area contributed by atoms with E-state index < -0.39 is 86.9 Å². The molecule has 2 aliphatic carbocycles. The van der Waals surface area contributed by atoms with E-state index in [1.54, 1.807) is 55.6 Å². The van der Waals surface area contributed by atoms with E-state index in [-0.39, 0.29) is 37.3 Å². The van der Waals surface area contributed by atoms with Gasteiger partial charge in [0.15, 0.2) is 6.10 Å². The van der Waals surface area contributed by atoms with Crippen molar-refractivity contribution in [3.8, 4) is 28.8 Å². The number of pyridine rings is 2. The number of alkyl halides is 3. The molecule has 7 rings (SSSR count). The second-order valence-electron chi connectivity index (χ2n) is 17.9. The van der Waals surface area contributed by atoms with Crippen molar-refractivity contribution in [1.29, 1.82) is 0 Å². The lowest BCUT2D eigenvalue weighted by atomic mass is 9.88. The third-order valence-electron chi connectivity index (χ3n) is 12.3. The zero-order chi connectivity index (χ0) is 47.0. The van der Waals surface area contributed by atoms with E-state index in [0.29, 0.717) is 72.7 Å². The molecule has 0 bridgehead atoms. The Kier molecular flexibility index (Phi) is 13.6. The largest absolute Gasteiger partial charge is 0.497 e. The molecular weight excluding hydrogens is 874 g/mol. The third kappa shape index (κ3) is 10.9. The predicted octanol–water partition coefficient (Wildman–Crippen LogP) is 5.98. The van der Waals surface area contributed by atoms with Gasteiger partial charge in [-0.3, -0.25) is 24.1 Å². The summed E-state index contributed by atoms with van der Waals surface area (Å²) < 4.78 is 91.1. The molecule has 0 spiro atoms. The Labute approximate surface area is 375 Å². The van der Waals surface area contributed by atoms with Crippen molar-refractivity contribution in [2.24, 2.45) is 17.8 Å². The molecule has 3 fully saturated rings. The standard InChI is InChI=1S/C45H55F3N6O10S/c1-24(2)62-31-12-16-35(49-22-31)36-19-28-18-30(61-6)11-15-34(28)40(50-36)64-32-20-37-39(55)52-44(42(57)53-65(59,60)33-13-14-33)21-29(44)10-8-7-9-25(3)17-26(4)38(41(56)54(37)23-32)51-43(58)63-27(5)45(46,47)48/h8,10-12,15-16,18-19,22,24-27,29,32-33,37-38H,7,9,13-14,17,20-21,23H2,1-6H3,(H,51,58)(H,52,55)(H,53,57)/b10-8-/t25-,26+,27+,29?,32+,37-,38-,44+/m0/s1. The van der Waals surface area contributed by atoms with Gasteiger partial charge in [-0.2, -0.15) is 13.2 Å². The summed E-state index contributed by atoms with van der Waals surface area (Å²) in [4.78, 5) is 67.2. The number of carbonyl (C=O) groups is 4. The fraction of sp³-hybridized carbons (Fsp3) is 0.556. The Morgan fingerprint density at radius 3 is 2.40 bits per heavy atom. The first-order chi connectivity index (χ1) is 30.7. The average Bonchev–Trinajstić information content (AvgIpc) is 4.17. The topological polar surface area (TPSA) is 204 Å². The van der Waals surface area contributed by atoms with Crippen LogP contribution in [-0.2, 0) is 29.1 Å². The zero-order valence-electron chi connectivity index (χ0n) is 37.0. The van der Waals surface area contributed by atoms with Gasteiger partial charge in [-0.05, 0) is 113 Å². The number of hydrogen-bond donors (Lipinski definition) is 3. The highest BCUT2D eigenvalue weighted by Crippen LogP contribution is 2.46. The maximum absolute atomic E-state index is 14.9. The van der Waals surface area contributed by atoms with Crippen LogP contribution >= 0.6 is 0 Å². The summed E-state index contributed by atoms with van der Waals surface area (Å²) in [5, 5.41) is 5.68. The number of carbonyl (C=O) groups excluding carboxylic acids is 4. The maximum atomic E-state index is 14.9. The molecule has 1 unspecified atom stereocenters. The average molecular weight is 929 g/mol. The van der Waals surface area contributed by atoms with Gasteiger partial charge in [0.2, 0.25) is 27.7 Å². The van der Waals surface area contributed by atoms with Crippen molar-refractivity contribution in [2.75, 3.05) is 13.7 Å². The number of aromatic nitrogens is 2. The molecule has 1 saturated heterocycles. The number of alkyl carbamates (subject to hydrolysis) is 1. The van der Waals surface area contributed by atoms with E-state index >= 15 is 0 Å². The van der Waals surface area contributed by atoms with Crippen molar-refractivity contribution in [3.05, 3.63) is 54.7 Å². The molecule has 8 atom stereocenters. The lowest BCUT2D eigenvalue weighted by Gasteiger charge is -2.33. The second kappa shape index (κ2) is 18.7. The Morgan fingerprint density at radius 2 is 1.74 bits per heavy atom. The van der Waals surface area contributed by atoms with E-state index in [1.807, 2.05) is 26.8 Å². The Morgan fingerprint density at radius 1 is 1.00 bits per heavy atom. The molecule has 2 aromatic heterocycles. The fourth-order valence-electron chi connectivity index (χ4n) is 8.47. The van der Waals surface area contributed by atoms with Crippen LogP contribution in [0.3, 0.4) is 0 Å². The quantitative estimate of drug-likeness (QED) is 0.190. The number of sulfonamides is 1. The van der Waals surface area contributed by atoms with Crippen molar-refractivity contribution in [3.63, 3.8) is 0 Å². The molecule has 1 aromatic carbocycles. The normalized spacial score (nSPS) is 27.3. The van der Waals surface area contributed by atoms with Gasteiger partial charge in [0.1, 0.15) is 35.2 Å². The summed E-state index contributed by atoms with van der Waals surface area (Å²) >= 11 is 0. The molecule has 2 saturated carbocycles. The molecule has 352 valence electrons. The molecule has 0 radical (unpaired) electrons. The first kappa shape index (κ1) is 47.3. The monoisotopic (exact) mass is 928 g/mol. The zero-order valence-corrected chi connectivity index (χ0v) is 37.8. The summed E-state index contributed by atoms with van der Waals surface area (Å²) in [5.74, 6) is -2.55. The van der Waals surface area contributed by atoms with Crippen LogP contribution in [0.25, 0.3) is 22.2 Å². The van der Waals surface area contributed by atoms with Crippen LogP contribution in [-0.4, -0.2) is 108 Å². The number of methoxy groups -OCH3 is 1. The van der Waals surface area contributed by atoms with E-state index in [1.165, 1.54) is 12.0 Å². The van der Waals surface area contributed by atoms with E-state index in [4.69, 9.17) is 19.2 Å². The van der Waals surface area contributed by atoms with Gasteiger partial charge in [0, 0.05) is 17.7 Å². The van der Waals surface area contributed by atoms with Gasteiger partial charge < -0.3 is 34.5 Å². The van der Waals surface area contributed by atoms with Gasteiger partial charge in [0.05, 0.1) is 42.6 Å².